The van der Waals surface area contributed by atoms with Gasteiger partial charge in [0.15, 0.2) is 0 Å². The molecule has 3 amide bonds. The van der Waals surface area contributed by atoms with Crippen LogP contribution in [-0.2, 0) is 20.9 Å². The predicted octanol–water partition coefficient (Wildman–Crippen LogP) is 1.84. The number of carbonyl (C=O) groups excluding carboxylic acids is 3. The summed E-state index contributed by atoms with van der Waals surface area (Å²) in [6, 6.07) is 4.58. The third kappa shape index (κ3) is 7.16. The second-order valence-corrected chi connectivity index (χ2v) is 7.25. The van der Waals surface area contributed by atoms with Crippen LogP contribution < -0.4 is 15.4 Å². The number of hydrogen-bond acceptors (Lipinski definition) is 5. The van der Waals surface area contributed by atoms with E-state index in [-0.39, 0.29) is 36.0 Å². The van der Waals surface area contributed by atoms with E-state index in [2.05, 4.69) is 15.4 Å². The van der Waals surface area contributed by atoms with E-state index in [4.69, 9.17) is 5.26 Å². The summed E-state index contributed by atoms with van der Waals surface area (Å²) in [4.78, 5) is 37.7. The Kier molecular flexibility index (Phi) is 7.85. The Morgan fingerprint density at radius 3 is 2.68 bits per heavy atom. The highest BCUT2D eigenvalue weighted by Gasteiger charge is 2.33. The number of benzene rings is 1. The normalized spacial score (nSPS) is 17.3. The number of nitrogens with one attached hydrogen (secondary N) is 2. The largest absolute Gasteiger partial charge is 0.573 e. The summed E-state index contributed by atoms with van der Waals surface area (Å²) in [6.45, 7) is 3.22. The molecule has 8 nitrogen and oxygen atoms in total. The third-order valence-electron chi connectivity index (χ3n) is 4.77. The molecule has 0 saturated carbocycles. The van der Waals surface area contributed by atoms with E-state index in [0.717, 1.165) is 6.07 Å². The SMILES string of the molecule is CC(=O)N[C@H](C)C(=O)N1CCC[C@@H](C(=O)NCc2ccc(C#N)cc2OC(F)(F)F)C1. The summed E-state index contributed by atoms with van der Waals surface area (Å²) in [5.74, 6) is -2.15. The highest BCUT2D eigenvalue weighted by molar-refractivity contribution is 5.87. The summed E-state index contributed by atoms with van der Waals surface area (Å²) in [5.41, 5.74) is 0.0525. The number of rotatable bonds is 6. The van der Waals surface area contributed by atoms with Gasteiger partial charge in [-0.3, -0.25) is 14.4 Å². The molecule has 0 aliphatic carbocycles. The van der Waals surface area contributed by atoms with Crippen molar-refractivity contribution >= 4 is 17.7 Å². The van der Waals surface area contributed by atoms with Crippen molar-refractivity contribution in [3.8, 4) is 11.8 Å². The maximum Gasteiger partial charge on any atom is 0.573 e. The van der Waals surface area contributed by atoms with Gasteiger partial charge in [-0.2, -0.15) is 5.26 Å². The molecule has 1 aliphatic heterocycles. The Morgan fingerprint density at radius 2 is 2.06 bits per heavy atom. The van der Waals surface area contributed by atoms with Crippen molar-refractivity contribution in [1.82, 2.24) is 15.5 Å². The second kappa shape index (κ2) is 10.1. The molecule has 1 saturated heterocycles. The van der Waals surface area contributed by atoms with E-state index >= 15 is 0 Å². The molecule has 168 valence electrons. The molecule has 0 spiro atoms. The lowest BCUT2D eigenvalue weighted by molar-refractivity contribution is -0.274. The monoisotopic (exact) mass is 440 g/mol. The van der Waals surface area contributed by atoms with Crippen LogP contribution in [0.15, 0.2) is 18.2 Å². The number of hydrogen-bond donors (Lipinski definition) is 2. The maximum absolute atomic E-state index is 12.7. The van der Waals surface area contributed by atoms with E-state index in [1.54, 1.807) is 13.0 Å². The first kappa shape index (κ1) is 24.0. The first-order valence-corrected chi connectivity index (χ1v) is 9.62. The zero-order valence-corrected chi connectivity index (χ0v) is 17.1. The van der Waals surface area contributed by atoms with Crippen LogP contribution in [0.2, 0.25) is 0 Å². The molecular weight excluding hydrogens is 417 g/mol. The van der Waals surface area contributed by atoms with Crippen molar-refractivity contribution < 1.29 is 32.3 Å². The number of nitriles is 1. The Morgan fingerprint density at radius 1 is 1.35 bits per heavy atom. The Labute approximate surface area is 177 Å². The van der Waals surface area contributed by atoms with Crippen molar-refractivity contribution in [3.63, 3.8) is 0 Å². The van der Waals surface area contributed by atoms with Crippen LogP contribution in [-0.4, -0.2) is 48.1 Å². The minimum absolute atomic E-state index is 0.0101. The first-order valence-electron chi connectivity index (χ1n) is 9.62. The van der Waals surface area contributed by atoms with Crippen LogP contribution in [0, 0.1) is 17.2 Å². The van der Waals surface area contributed by atoms with E-state index < -0.39 is 30.0 Å². The molecule has 1 aromatic carbocycles. The molecule has 31 heavy (non-hydrogen) atoms. The summed E-state index contributed by atoms with van der Waals surface area (Å²) in [7, 11) is 0. The minimum atomic E-state index is -4.94. The molecule has 2 rings (SSSR count). The molecule has 1 aliphatic rings. The fraction of sp³-hybridized carbons (Fsp3) is 0.500. The van der Waals surface area contributed by atoms with Crippen molar-refractivity contribution in [2.45, 2.75) is 45.6 Å². The highest BCUT2D eigenvalue weighted by Crippen LogP contribution is 2.28. The van der Waals surface area contributed by atoms with Gasteiger partial charge in [-0.25, -0.2) is 0 Å². The summed E-state index contributed by atoms with van der Waals surface area (Å²) < 4.78 is 41.9. The van der Waals surface area contributed by atoms with Crippen LogP contribution in [0.3, 0.4) is 0 Å². The number of ether oxygens (including phenoxy) is 1. The zero-order chi connectivity index (χ0) is 23.2. The van der Waals surface area contributed by atoms with Crippen molar-refractivity contribution in [1.29, 1.82) is 5.26 Å². The Hall–Kier alpha value is -3.29. The standard InChI is InChI=1S/C20H23F3N4O4/c1-12(26-13(2)28)19(30)27-7-3-4-16(11-27)18(29)25-10-15-6-5-14(9-24)8-17(15)31-20(21,22)23/h5-6,8,12,16H,3-4,7,10-11H2,1-2H3,(H,25,29)(H,26,28)/t12-,16-/m1/s1. The number of alkyl halides is 3. The van der Waals surface area contributed by atoms with Crippen LogP contribution in [0.5, 0.6) is 5.75 Å². The topological polar surface area (TPSA) is 112 Å². The van der Waals surface area contributed by atoms with Crippen molar-refractivity contribution in [2.24, 2.45) is 5.92 Å². The quantitative estimate of drug-likeness (QED) is 0.701. The maximum atomic E-state index is 12.7. The van der Waals surface area contributed by atoms with Crippen LogP contribution >= 0.6 is 0 Å². The highest BCUT2D eigenvalue weighted by atomic mass is 19.4. The molecule has 0 radical (unpaired) electrons. The average Bonchev–Trinajstić information content (AvgIpc) is 2.70. The smallest absolute Gasteiger partial charge is 0.405 e. The van der Waals surface area contributed by atoms with Crippen molar-refractivity contribution in [3.05, 3.63) is 29.3 Å². The van der Waals surface area contributed by atoms with E-state index in [0.29, 0.717) is 19.4 Å². The van der Waals surface area contributed by atoms with Gasteiger partial charge in [-0.1, -0.05) is 6.07 Å². The average molecular weight is 440 g/mol. The van der Waals surface area contributed by atoms with Gasteiger partial charge in [0, 0.05) is 32.1 Å². The number of halogens is 3. The van der Waals surface area contributed by atoms with Gasteiger partial charge in [0.05, 0.1) is 17.6 Å². The fourth-order valence-corrected chi connectivity index (χ4v) is 3.35. The van der Waals surface area contributed by atoms with Gasteiger partial charge in [-0.05, 0) is 31.9 Å². The van der Waals surface area contributed by atoms with E-state index in [1.165, 1.54) is 24.0 Å². The molecule has 1 heterocycles. The second-order valence-electron chi connectivity index (χ2n) is 7.25. The molecule has 0 bridgehead atoms. The first-order chi connectivity index (χ1) is 14.5. The summed E-state index contributed by atoms with van der Waals surface area (Å²) >= 11 is 0. The van der Waals surface area contributed by atoms with Gasteiger partial charge < -0.3 is 20.3 Å². The van der Waals surface area contributed by atoms with Crippen LogP contribution in [0.25, 0.3) is 0 Å². The number of likely N-dealkylation sites (tertiary alicyclic amines) is 1. The van der Waals surface area contributed by atoms with Gasteiger partial charge in [0.1, 0.15) is 11.8 Å². The lowest BCUT2D eigenvalue weighted by Gasteiger charge is -2.33. The van der Waals surface area contributed by atoms with Crippen LogP contribution in [0.4, 0.5) is 13.2 Å². The lowest BCUT2D eigenvalue weighted by atomic mass is 9.96. The molecule has 11 heteroatoms. The molecule has 1 fully saturated rings. The zero-order valence-electron chi connectivity index (χ0n) is 17.1. The number of nitrogens with zero attached hydrogens (tertiary/aromatic N) is 2. The van der Waals surface area contributed by atoms with Crippen LogP contribution in [0.1, 0.15) is 37.8 Å². The van der Waals surface area contributed by atoms with Gasteiger partial charge >= 0.3 is 6.36 Å². The van der Waals surface area contributed by atoms with Gasteiger partial charge in [0.2, 0.25) is 17.7 Å². The minimum Gasteiger partial charge on any atom is -0.405 e. The number of carbonyl (C=O) groups is 3. The predicted molar refractivity (Wildman–Crippen MR) is 102 cm³/mol. The summed E-state index contributed by atoms with van der Waals surface area (Å²) in [5, 5.41) is 14.0. The van der Waals surface area contributed by atoms with Crippen molar-refractivity contribution in [2.75, 3.05) is 13.1 Å². The molecule has 1 aromatic rings. The Bertz CT molecular complexity index is 882. The molecule has 0 aromatic heterocycles. The Balaban J connectivity index is 2.01. The number of amides is 3. The molecule has 0 unspecified atom stereocenters. The molecule has 2 N–H and O–H groups in total. The molecular formula is C20H23F3N4O4. The number of piperidine rings is 1. The van der Waals surface area contributed by atoms with E-state index in [1.807, 2.05) is 0 Å². The third-order valence-corrected chi connectivity index (χ3v) is 4.77. The van der Waals surface area contributed by atoms with Gasteiger partial charge in [0.25, 0.3) is 0 Å². The van der Waals surface area contributed by atoms with Gasteiger partial charge in [-0.15, -0.1) is 13.2 Å². The summed E-state index contributed by atoms with van der Waals surface area (Å²) in [6.07, 6.45) is -3.85. The molecule has 2 atom stereocenters. The van der Waals surface area contributed by atoms with E-state index in [9.17, 15) is 27.6 Å². The fourth-order valence-electron chi connectivity index (χ4n) is 3.35. The lowest BCUT2D eigenvalue weighted by Crippen LogP contribution is -2.51.